The highest BCUT2D eigenvalue weighted by Crippen LogP contribution is 2.27. The predicted octanol–water partition coefficient (Wildman–Crippen LogP) is 2.66. The lowest BCUT2D eigenvalue weighted by Gasteiger charge is -2.07. The third kappa shape index (κ3) is 2.87. The Kier molecular flexibility index (Phi) is 3.64. The van der Waals surface area contributed by atoms with E-state index in [9.17, 15) is 0 Å². The molecule has 1 heterocycles. The molecule has 0 fully saturated rings. The second-order valence-electron chi connectivity index (χ2n) is 3.09. The second kappa shape index (κ2) is 5.18. The molecule has 2 rings (SSSR count). The molecule has 0 aliphatic heterocycles. The topological polar surface area (TPSA) is 39.9 Å². The standard InChI is InChI=1S/C10H9Cl2N3O/c11-8-1-2-9(12)10(7-8)16-6-5-15-4-3-13-14-15/h1-4,7H,5-6H2. The Morgan fingerprint density at radius 1 is 1.31 bits per heavy atom. The zero-order valence-corrected chi connectivity index (χ0v) is 9.82. The maximum atomic E-state index is 5.94. The highest BCUT2D eigenvalue weighted by molar-refractivity contribution is 6.34. The monoisotopic (exact) mass is 257 g/mol. The van der Waals surface area contributed by atoms with Crippen molar-refractivity contribution in [1.29, 1.82) is 0 Å². The summed E-state index contributed by atoms with van der Waals surface area (Å²) in [6.07, 6.45) is 3.38. The van der Waals surface area contributed by atoms with E-state index in [2.05, 4.69) is 10.3 Å². The summed E-state index contributed by atoms with van der Waals surface area (Å²) in [5.74, 6) is 0.578. The van der Waals surface area contributed by atoms with E-state index >= 15 is 0 Å². The highest BCUT2D eigenvalue weighted by Gasteiger charge is 2.02. The third-order valence-corrected chi connectivity index (χ3v) is 2.49. The maximum absolute atomic E-state index is 5.94. The molecule has 1 aromatic heterocycles. The van der Waals surface area contributed by atoms with Gasteiger partial charge in [-0.15, -0.1) is 5.10 Å². The van der Waals surface area contributed by atoms with Crippen molar-refractivity contribution in [3.8, 4) is 5.75 Å². The number of halogens is 2. The van der Waals surface area contributed by atoms with Gasteiger partial charge in [-0.1, -0.05) is 28.4 Å². The van der Waals surface area contributed by atoms with E-state index in [0.717, 1.165) is 0 Å². The minimum absolute atomic E-state index is 0.462. The van der Waals surface area contributed by atoms with Gasteiger partial charge in [0.1, 0.15) is 12.4 Å². The summed E-state index contributed by atoms with van der Waals surface area (Å²) in [6, 6.07) is 5.11. The third-order valence-electron chi connectivity index (χ3n) is 1.94. The van der Waals surface area contributed by atoms with Crippen molar-refractivity contribution >= 4 is 23.2 Å². The molecule has 0 aliphatic rings. The van der Waals surface area contributed by atoms with Crippen LogP contribution in [-0.4, -0.2) is 21.6 Å². The molecule has 0 saturated carbocycles. The van der Waals surface area contributed by atoms with Gasteiger partial charge in [-0.3, -0.25) is 0 Å². The lowest BCUT2D eigenvalue weighted by atomic mass is 10.3. The minimum Gasteiger partial charge on any atom is -0.490 e. The zero-order chi connectivity index (χ0) is 11.4. The van der Waals surface area contributed by atoms with Crippen LogP contribution in [0.1, 0.15) is 0 Å². The van der Waals surface area contributed by atoms with Crippen molar-refractivity contribution in [2.45, 2.75) is 6.54 Å². The first-order chi connectivity index (χ1) is 7.75. The Morgan fingerprint density at radius 3 is 2.94 bits per heavy atom. The molecule has 0 spiro atoms. The number of hydrogen-bond donors (Lipinski definition) is 0. The lowest BCUT2D eigenvalue weighted by Crippen LogP contribution is -2.08. The van der Waals surface area contributed by atoms with E-state index in [4.69, 9.17) is 27.9 Å². The molecule has 0 N–H and O–H groups in total. The van der Waals surface area contributed by atoms with Crippen molar-refractivity contribution < 1.29 is 4.74 Å². The fraction of sp³-hybridized carbons (Fsp3) is 0.200. The first kappa shape index (κ1) is 11.2. The number of ether oxygens (including phenoxy) is 1. The van der Waals surface area contributed by atoms with Crippen LogP contribution in [-0.2, 0) is 6.54 Å². The van der Waals surface area contributed by atoms with Crippen LogP contribution in [0.15, 0.2) is 30.6 Å². The number of nitrogens with zero attached hydrogens (tertiary/aromatic N) is 3. The van der Waals surface area contributed by atoms with Gasteiger partial charge in [-0.05, 0) is 12.1 Å². The van der Waals surface area contributed by atoms with Crippen LogP contribution in [0, 0.1) is 0 Å². The Bertz CT molecular complexity index is 459. The van der Waals surface area contributed by atoms with E-state index in [1.165, 1.54) is 0 Å². The molecule has 6 heteroatoms. The van der Waals surface area contributed by atoms with Crippen LogP contribution < -0.4 is 4.74 Å². The van der Waals surface area contributed by atoms with Gasteiger partial charge in [-0.25, -0.2) is 4.68 Å². The largest absolute Gasteiger partial charge is 0.490 e. The SMILES string of the molecule is Clc1ccc(Cl)c(OCCn2ccnn2)c1. The number of aromatic nitrogens is 3. The summed E-state index contributed by atoms with van der Waals surface area (Å²) in [7, 11) is 0. The van der Waals surface area contributed by atoms with Gasteiger partial charge in [0.05, 0.1) is 17.8 Å². The molecular weight excluding hydrogens is 249 g/mol. The predicted molar refractivity (Wildman–Crippen MR) is 62.0 cm³/mol. The summed E-state index contributed by atoms with van der Waals surface area (Å²) in [6.45, 7) is 1.08. The molecule has 0 unspecified atom stereocenters. The van der Waals surface area contributed by atoms with E-state index in [0.29, 0.717) is 28.9 Å². The molecule has 0 amide bonds. The van der Waals surface area contributed by atoms with Crippen molar-refractivity contribution in [3.63, 3.8) is 0 Å². The molecule has 0 bridgehead atoms. The fourth-order valence-electron chi connectivity index (χ4n) is 1.19. The average molecular weight is 258 g/mol. The average Bonchev–Trinajstić information content (AvgIpc) is 2.76. The van der Waals surface area contributed by atoms with E-state index in [-0.39, 0.29) is 0 Å². The van der Waals surface area contributed by atoms with Crippen molar-refractivity contribution in [1.82, 2.24) is 15.0 Å². The summed E-state index contributed by atoms with van der Waals surface area (Å²) in [5, 5.41) is 8.65. The Labute approximate surface area is 103 Å². The molecule has 0 radical (unpaired) electrons. The molecule has 1 aromatic carbocycles. The van der Waals surface area contributed by atoms with E-state index < -0.39 is 0 Å². The molecule has 4 nitrogen and oxygen atoms in total. The van der Waals surface area contributed by atoms with Gasteiger partial charge >= 0.3 is 0 Å². The Morgan fingerprint density at radius 2 is 2.19 bits per heavy atom. The van der Waals surface area contributed by atoms with Crippen LogP contribution in [0.3, 0.4) is 0 Å². The Hall–Kier alpha value is -1.26. The zero-order valence-electron chi connectivity index (χ0n) is 8.31. The summed E-state index contributed by atoms with van der Waals surface area (Å²) in [5.41, 5.74) is 0. The molecule has 0 aliphatic carbocycles. The molecule has 0 saturated heterocycles. The van der Waals surface area contributed by atoms with Crippen LogP contribution in [0.4, 0.5) is 0 Å². The molecule has 0 atom stereocenters. The number of hydrogen-bond acceptors (Lipinski definition) is 3. The van der Waals surface area contributed by atoms with Crippen LogP contribution >= 0.6 is 23.2 Å². The Balaban J connectivity index is 1.92. The summed E-state index contributed by atoms with van der Waals surface area (Å²) in [4.78, 5) is 0. The van der Waals surface area contributed by atoms with Crippen molar-refractivity contribution in [2.75, 3.05) is 6.61 Å². The van der Waals surface area contributed by atoms with E-state index in [1.807, 2.05) is 0 Å². The molecule has 2 aromatic rings. The fourth-order valence-corrected chi connectivity index (χ4v) is 1.52. The normalized spacial score (nSPS) is 10.4. The first-order valence-electron chi connectivity index (χ1n) is 4.67. The summed E-state index contributed by atoms with van der Waals surface area (Å²) < 4.78 is 7.16. The van der Waals surface area contributed by atoms with Crippen LogP contribution in [0.5, 0.6) is 5.75 Å². The van der Waals surface area contributed by atoms with Gasteiger partial charge in [0, 0.05) is 17.3 Å². The molecular formula is C10H9Cl2N3O. The smallest absolute Gasteiger partial charge is 0.139 e. The van der Waals surface area contributed by atoms with Crippen molar-refractivity contribution in [2.24, 2.45) is 0 Å². The second-order valence-corrected chi connectivity index (χ2v) is 3.93. The van der Waals surface area contributed by atoms with Gasteiger partial charge in [0.2, 0.25) is 0 Å². The molecule has 16 heavy (non-hydrogen) atoms. The van der Waals surface area contributed by atoms with E-state index in [1.54, 1.807) is 35.3 Å². The first-order valence-corrected chi connectivity index (χ1v) is 5.43. The maximum Gasteiger partial charge on any atom is 0.139 e. The number of benzene rings is 1. The lowest BCUT2D eigenvalue weighted by molar-refractivity contribution is 0.290. The van der Waals surface area contributed by atoms with Crippen LogP contribution in [0.2, 0.25) is 10.0 Å². The van der Waals surface area contributed by atoms with Gasteiger partial charge in [0.15, 0.2) is 0 Å². The number of rotatable bonds is 4. The van der Waals surface area contributed by atoms with Gasteiger partial charge in [0.25, 0.3) is 0 Å². The molecule has 84 valence electrons. The van der Waals surface area contributed by atoms with Crippen molar-refractivity contribution in [3.05, 3.63) is 40.6 Å². The quantitative estimate of drug-likeness (QED) is 0.846. The highest BCUT2D eigenvalue weighted by atomic mass is 35.5. The van der Waals surface area contributed by atoms with Gasteiger partial charge < -0.3 is 4.74 Å². The van der Waals surface area contributed by atoms with Gasteiger partial charge in [-0.2, -0.15) is 0 Å². The van der Waals surface area contributed by atoms with Crippen LogP contribution in [0.25, 0.3) is 0 Å². The summed E-state index contributed by atoms with van der Waals surface area (Å²) >= 11 is 11.8. The minimum atomic E-state index is 0.462.